The lowest BCUT2D eigenvalue weighted by Crippen LogP contribution is -2.18. The Balaban J connectivity index is 2.10. The molecule has 0 amide bonds. The lowest BCUT2D eigenvalue weighted by Gasteiger charge is -2.22. The molecule has 0 atom stereocenters. The molecule has 0 aromatic heterocycles. The summed E-state index contributed by atoms with van der Waals surface area (Å²) in [4.78, 5) is 12.1. The summed E-state index contributed by atoms with van der Waals surface area (Å²) in [6.07, 6.45) is 0.436. The van der Waals surface area contributed by atoms with Gasteiger partial charge in [-0.15, -0.1) is 11.6 Å². The predicted octanol–water partition coefficient (Wildman–Crippen LogP) is 4.63. The summed E-state index contributed by atoms with van der Waals surface area (Å²) in [5, 5.41) is 0. The monoisotopic (exact) mass is 286 g/mol. The number of halogens is 1. The summed E-state index contributed by atoms with van der Waals surface area (Å²) in [5.41, 5.74) is 2.96. The van der Waals surface area contributed by atoms with Gasteiger partial charge in [0.25, 0.3) is 0 Å². The van der Waals surface area contributed by atoms with Crippen LogP contribution in [0.4, 0.5) is 0 Å². The van der Waals surface area contributed by atoms with Gasteiger partial charge in [0.2, 0.25) is 0 Å². The van der Waals surface area contributed by atoms with Gasteiger partial charge in [-0.05, 0) is 11.1 Å². The Labute approximate surface area is 125 Å². The summed E-state index contributed by atoms with van der Waals surface area (Å²) in [6, 6.07) is 17.6. The van der Waals surface area contributed by atoms with Crippen LogP contribution in [0.1, 0.15) is 35.3 Å². The molecular weight excluding hydrogens is 268 g/mol. The molecular formula is C18H19ClO. The van der Waals surface area contributed by atoms with E-state index in [0.717, 1.165) is 11.1 Å². The first kappa shape index (κ1) is 14.8. The zero-order chi connectivity index (χ0) is 14.6. The highest BCUT2D eigenvalue weighted by Crippen LogP contribution is 2.25. The van der Waals surface area contributed by atoms with Crippen LogP contribution in [0.3, 0.4) is 0 Å². The first-order chi connectivity index (χ1) is 9.53. The van der Waals surface area contributed by atoms with Gasteiger partial charge >= 0.3 is 0 Å². The van der Waals surface area contributed by atoms with Crippen molar-refractivity contribution >= 4 is 17.4 Å². The SMILES string of the molecule is CC(C)(CCl)c1ccc(CC(=O)c2ccccc2)cc1. The van der Waals surface area contributed by atoms with Gasteiger partial charge in [-0.3, -0.25) is 4.79 Å². The number of hydrogen-bond acceptors (Lipinski definition) is 1. The molecule has 0 heterocycles. The minimum atomic E-state index is -0.0382. The Morgan fingerprint density at radius 1 is 1.00 bits per heavy atom. The van der Waals surface area contributed by atoms with Crippen LogP contribution in [0.2, 0.25) is 0 Å². The predicted molar refractivity (Wildman–Crippen MR) is 84.7 cm³/mol. The maximum atomic E-state index is 12.1. The maximum Gasteiger partial charge on any atom is 0.167 e. The van der Waals surface area contributed by atoms with Gasteiger partial charge < -0.3 is 0 Å². The van der Waals surface area contributed by atoms with Crippen LogP contribution in [0.15, 0.2) is 54.6 Å². The average Bonchev–Trinajstić information content (AvgIpc) is 2.48. The van der Waals surface area contributed by atoms with Crippen LogP contribution in [-0.4, -0.2) is 11.7 Å². The van der Waals surface area contributed by atoms with Crippen LogP contribution < -0.4 is 0 Å². The molecule has 0 saturated heterocycles. The van der Waals surface area contributed by atoms with Crippen LogP contribution in [0.5, 0.6) is 0 Å². The van der Waals surface area contributed by atoms with E-state index in [4.69, 9.17) is 11.6 Å². The molecule has 0 N–H and O–H groups in total. The van der Waals surface area contributed by atoms with Crippen LogP contribution >= 0.6 is 11.6 Å². The Morgan fingerprint density at radius 3 is 2.15 bits per heavy atom. The number of Topliss-reactive ketones (excluding diaryl/α,β-unsaturated/α-hetero) is 1. The zero-order valence-electron chi connectivity index (χ0n) is 11.9. The second kappa shape index (κ2) is 6.23. The van der Waals surface area contributed by atoms with Gasteiger partial charge in [-0.1, -0.05) is 68.4 Å². The number of alkyl halides is 1. The molecule has 1 nitrogen and oxygen atoms in total. The lowest BCUT2D eigenvalue weighted by atomic mass is 9.86. The largest absolute Gasteiger partial charge is 0.294 e. The topological polar surface area (TPSA) is 17.1 Å². The lowest BCUT2D eigenvalue weighted by molar-refractivity contribution is 0.0993. The van der Waals surface area contributed by atoms with Crippen molar-refractivity contribution in [1.29, 1.82) is 0 Å². The second-order valence-electron chi connectivity index (χ2n) is 5.68. The number of carbonyl (C=O) groups excluding carboxylic acids is 1. The third-order valence-corrected chi connectivity index (χ3v) is 4.20. The molecule has 0 radical (unpaired) electrons. The average molecular weight is 287 g/mol. The van der Waals surface area contributed by atoms with Crippen molar-refractivity contribution in [2.75, 3.05) is 5.88 Å². The van der Waals surface area contributed by atoms with Crippen LogP contribution in [0.25, 0.3) is 0 Å². The van der Waals surface area contributed by atoms with Crippen LogP contribution in [-0.2, 0) is 11.8 Å². The molecule has 0 saturated carbocycles. The maximum absolute atomic E-state index is 12.1. The normalized spacial score (nSPS) is 11.3. The fourth-order valence-corrected chi connectivity index (χ4v) is 2.22. The summed E-state index contributed by atoms with van der Waals surface area (Å²) in [7, 11) is 0. The van der Waals surface area contributed by atoms with E-state index in [0.29, 0.717) is 12.3 Å². The molecule has 0 spiro atoms. The van der Waals surface area contributed by atoms with E-state index < -0.39 is 0 Å². The fraction of sp³-hybridized carbons (Fsp3) is 0.278. The van der Waals surface area contributed by atoms with E-state index in [1.54, 1.807) is 0 Å². The van der Waals surface area contributed by atoms with E-state index in [-0.39, 0.29) is 11.2 Å². The molecule has 2 rings (SSSR count). The number of hydrogen-bond donors (Lipinski definition) is 0. The van der Waals surface area contributed by atoms with Gasteiger partial charge in [-0.2, -0.15) is 0 Å². The molecule has 0 aliphatic heterocycles. The number of carbonyl (C=O) groups is 1. The van der Waals surface area contributed by atoms with Crippen molar-refractivity contribution in [3.8, 4) is 0 Å². The molecule has 104 valence electrons. The van der Waals surface area contributed by atoms with E-state index in [1.165, 1.54) is 5.56 Å². The minimum absolute atomic E-state index is 0.0382. The molecule has 0 unspecified atom stereocenters. The Hall–Kier alpha value is -1.60. The number of rotatable bonds is 5. The first-order valence-corrected chi connectivity index (χ1v) is 7.30. The second-order valence-corrected chi connectivity index (χ2v) is 5.95. The number of benzene rings is 2. The van der Waals surface area contributed by atoms with E-state index in [1.807, 2.05) is 42.5 Å². The molecule has 0 aliphatic carbocycles. The van der Waals surface area contributed by atoms with Crippen molar-refractivity contribution in [2.45, 2.75) is 25.7 Å². The van der Waals surface area contributed by atoms with Crippen molar-refractivity contribution < 1.29 is 4.79 Å². The molecule has 2 heteroatoms. The summed E-state index contributed by atoms with van der Waals surface area (Å²) >= 11 is 5.98. The minimum Gasteiger partial charge on any atom is -0.294 e. The fourth-order valence-electron chi connectivity index (χ4n) is 2.06. The molecule has 0 fully saturated rings. The highest BCUT2D eigenvalue weighted by Gasteiger charge is 2.19. The highest BCUT2D eigenvalue weighted by atomic mass is 35.5. The zero-order valence-corrected chi connectivity index (χ0v) is 12.7. The van der Waals surface area contributed by atoms with Crippen molar-refractivity contribution in [3.63, 3.8) is 0 Å². The summed E-state index contributed by atoms with van der Waals surface area (Å²) in [6.45, 7) is 4.23. The van der Waals surface area contributed by atoms with Crippen molar-refractivity contribution in [2.24, 2.45) is 0 Å². The van der Waals surface area contributed by atoms with E-state index >= 15 is 0 Å². The third-order valence-electron chi connectivity index (χ3n) is 3.53. The van der Waals surface area contributed by atoms with Crippen molar-refractivity contribution in [1.82, 2.24) is 0 Å². The van der Waals surface area contributed by atoms with Gasteiger partial charge in [0.1, 0.15) is 0 Å². The standard InChI is InChI=1S/C18H19ClO/c1-18(2,13-19)16-10-8-14(9-11-16)12-17(20)15-6-4-3-5-7-15/h3-11H,12-13H2,1-2H3. The van der Waals surface area contributed by atoms with Gasteiger partial charge in [0, 0.05) is 23.3 Å². The Morgan fingerprint density at radius 2 is 1.60 bits per heavy atom. The summed E-state index contributed by atoms with van der Waals surface area (Å²) < 4.78 is 0. The number of ketones is 1. The molecule has 0 aliphatic rings. The highest BCUT2D eigenvalue weighted by molar-refractivity contribution is 6.18. The third kappa shape index (κ3) is 3.49. The first-order valence-electron chi connectivity index (χ1n) is 6.76. The van der Waals surface area contributed by atoms with Crippen molar-refractivity contribution in [3.05, 3.63) is 71.3 Å². The molecule has 2 aromatic carbocycles. The molecule has 0 bridgehead atoms. The summed E-state index contributed by atoms with van der Waals surface area (Å²) in [5.74, 6) is 0.727. The van der Waals surface area contributed by atoms with E-state index in [2.05, 4.69) is 26.0 Å². The molecule has 20 heavy (non-hydrogen) atoms. The Kier molecular flexibility index (Phi) is 4.61. The van der Waals surface area contributed by atoms with Gasteiger partial charge in [0.05, 0.1) is 0 Å². The van der Waals surface area contributed by atoms with Crippen LogP contribution in [0, 0.1) is 0 Å². The smallest absolute Gasteiger partial charge is 0.167 e. The van der Waals surface area contributed by atoms with Gasteiger partial charge in [0.15, 0.2) is 5.78 Å². The quantitative estimate of drug-likeness (QED) is 0.578. The van der Waals surface area contributed by atoms with E-state index in [9.17, 15) is 4.79 Å². The molecule has 2 aromatic rings. The van der Waals surface area contributed by atoms with Gasteiger partial charge in [-0.25, -0.2) is 0 Å². The Bertz CT molecular complexity index is 570.